The molecule has 4 bridgehead atoms. The van der Waals surface area contributed by atoms with Gasteiger partial charge in [0.05, 0.1) is 17.8 Å². The predicted octanol–water partition coefficient (Wildman–Crippen LogP) is 2.73. The Labute approximate surface area is 168 Å². The van der Waals surface area contributed by atoms with E-state index in [4.69, 9.17) is 9.47 Å². The highest BCUT2D eigenvalue weighted by atomic mass is 16.6. The summed E-state index contributed by atoms with van der Waals surface area (Å²) < 4.78 is 13.0. The van der Waals surface area contributed by atoms with Crippen molar-refractivity contribution in [3.05, 3.63) is 47.1 Å². The molecule has 4 atom stereocenters. The molecule has 6 rings (SSSR count). The second-order valence-corrected chi connectivity index (χ2v) is 9.13. The number of allylic oxidation sites excluding steroid dienone is 1. The second-order valence-electron chi connectivity index (χ2n) is 9.13. The van der Waals surface area contributed by atoms with Gasteiger partial charge in [-0.1, -0.05) is 17.7 Å². The zero-order valence-corrected chi connectivity index (χ0v) is 16.7. The first-order chi connectivity index (χ1) is 13.7. The Bertz CT molecular complexity index is 1020. The predicted molar refractivity (Wildman–Crippen MR) is 104 cm³/mol. The van der Waals surface area contributed by atoms with Crippen molar-refractivity contribution < 1.29 is 29.3 Å². The summed E-state index contributed by atoms with van der Waals surface area (Å²) in [6.45, 7) is 5.55. The van der Waals surface area contributed by atoms with E-state index < -0.39 is 22.7 Å². The molecule has 2 aliphatic heterocycles. The van der Waals surface area contributed by atoms with Crippen LogP contribution in [-0.4, -0.2) is 45.2 Å². The van der Waals surface area contributed by atoms with Crippen molar-refractivity contribution in [2.45, 2.75) is 50.4 Å². The molecule has 6 heteroatoms. The molecular weight excluding hydrogens is 372 g/mol. The normalized spacial score (nSPS) is 36.4. The molecular formula is C23H24O6. The molecule has 6 nitrogen and oxygen atoms in total. The maximum Gasteiger partial charge on any atom is 0.196 e. The Balaban J connectivity index is 1.78. The number of carbonyl (C=O) groups excluding carboxylic acids is 2. The van der Waals surface area contributed by atoms with Gasteiger partial charge in [-0.3, -0.25) is 9.59 Å². The highest BCUT2D eigenvalue weighted by molar-refractivity contribution is 6.16. The van der Waals surface area contributed by atoms with E-state index in [1.165, 1.54) is 12.1 Å². The molecule has 2 fully saturated rings. The van der Waals surface area contributed by atoms with Crippen molar-refractivity contribution in [3.8, 4) is 11.5 Å². The van der Waals surface area contributed by atoms with E-state index >= 15 is 0 Å². The van der Waals surface area contributed by atoms with E-state index in [-0.39, 0.29) is 42.0 Å². The van der Waals surface area contributed by atoms with Crippen LogP contribution >= 0.6 is 0 Å². The molecule has 2 N–H and O–H groups in total. The minimum atomic E-state index is -1.34. The smallest absolute Gasteiger partial charge is 0.196 e. The number of fused-ring (bicyclic) bond motifs is 1. The number of aromatic hydroxyl groups is 1. The van der Waals surface area contributed by atoms with Crippen LogP contribution in [0.2, 0.25) is 0 Å². The summed E-state index contributed by atoms with van der Waals surface area (Å²) >= 11 is 0. The van der Waals surface area contributed by atoms with Crippen LogP contribution in [0.25, 0.3) is 0 Å². The summed E-state index contributed by atoms with van der Waals surface area (Å²) in [4.78, 5) is 27.1. The number of benzene rings is 1. The molecule has 5 aliphatic rings. The van der Waals surface area contributed by atoms with E-state index in [0.717, 1.165) is 5.57 Å². The maximum absolute atomic E-state index is 13.6. The van der Waals surface area contributed by atoms with Crippen molar-refractivity contribution in [1.82, 2.24) is 0 Å². The molecule has 0 radical (unpaired) electrons. The summed E-state index contributed by atoms with van der Waals surface area (Å²) in [5.74, 6) is -0.580. The SMILES string of the molecule is CC(=CCC12OC(C)(C)C3CC(C=C4C(=O)c5ccc(O)cc5OC431)C2=O)CO. The number of ketones is 2. The largest absolute Gasteiger partial charge is 0.508 e. The van der Waals surface area contributed by atoms with E-state index in [9.17, 15) is 19.8 Å². The third-order valence-electron chi connectivity index (χ3n) is 7.07. The first kappa shape index (κ1) is 18.6. The van der Waals surface area contributed by atoms with Crippen LogP contribution < -0.4 is 4.74 Å². The van der Waals surface area contributed by atoms with E-state index in [1.54, 1.807) is 25.1 Å². The number of hydrogen-bond donors (Lipinski definition) is 2. The average Bonchev–Trinajstić information content (AvgIpc) is 2.83. The van der Waals surface area contributed by atoms with Crippen LogP contribution in [-0.2, 0) is 9.53 Å². The molecule has 2 heterocycles. The number of phenolic OH excluding ortho intramolecular Hbond substituents is 1. The molecule has 29 heavy (non-hydrogen) atoms. The van der Waals surface area contributed by atoms with Crippen molar-refractivity contribution in [2.24, 2.45) is 11.8 Å². The van der Waals surface area contributed by atoms with Gasteiger partial charge in [0.15, 0.2) is 22.8 Å². The monoisotopic (exact) mass is 396 g/mol. The van der Waals surface area contributed by atoms with Gasteiger partial charge in [0.2, 0.25) is 0 Å². The van der Waals surface area contributed by atoms with Crippen LogP contribution in [0, 0.1) is 11.8 Å². The summed E-state index contributed by atoms with van der Waals surface area (Å²) in [7, 11) is 0. The fourth-order valence-electron chi connectivity index (χ4n) is 5.82. The third-order valence-corrected chi connectivity index (χ3v) is 7.07. The molecule has 1 saturated heterocycles. The minimum absolute atomic E-state index is 0.00574. The van der Waals surface area contributed by atoms with Gasteiger partial charge >= 0.3 is 0 Å². The van der Waals surface area contributed by atoms with Gasteiger partial charge in [-0.25, -0.2) is 0 Å². The summed E-state index contributed by atoms with van der Waals surface area (Å²) in [5.41, 5.74) is -1.68. The number of carbonyl (C=O) groups is 2. The maximum atomic E-state index is 13.6. The number of Topliss-reactive ketones (excluding diaryl/α,β-unsaturated/α-hetero) is 2. The lowest BCUT2D eigenvalue weighted by atomic mass is 9.51. The zero-order valence-electron chi connectivity index (χ0n) is 16.7. The quantitative estimate of drug-likeness (QED) is 0.763. The Hall–Kier alpha value is -2.44. The van der Waals surface area contributed by atoms with Crippen molar-refractivity contribution in [2.75, 3.05) is 6.61 Å². The van der Waals surface area contributed by atoms with E-state index in [1.807, 2.05) is 13.8 Å². The third kappa shape index (κ3) is 2.08. The van der Waals surface area contributed by atoms with Crippen molar-refractivity contribution in [3.63, 3.8) is 0 Å². The van der Waals surface area contributed by atoms with Crippen LogP contribution in [0.5, 0.6) is 11.5 Å². The summed E-state index contributed by atoms with van der Waals surface area (Å²) in [6.07, 6.45) is 4.34. The van der Waals surface area contributed by atoms with Crippen LogP contribution in [0.1, 0.15) is 44.0 Å². The van der Waals surface area contributed by atoms with Gasteiger partial charge in [0.1, 0.15) is 11.5 Å². The van der Waals surface area contributed by atoms with E-state index in [0.29, 0.717) is 17.6 Å². The molecule has 152 valence electrons. The first-order valence-corrected chi connectivity index (χ1v) is 9.96. The number of rotatable bonds is 3. The topological polar surface area (TPSA) is 93.1 Å². The standard InChI is InChI=1S/C23H24O6/c1-12(11-24)6-7-22-20(27)13-8-16-19(26)15-5-4-14(25)10-17(15)28-23(16,22)18(9-13)21(2,3)29-22/h4-6,8,10,13,18,24-25H,7,9,11H2,1-3H3. The van der Waals surface area contributed by atoms with Crippen molar-refractivity contribution in [1.29, 1.82) is 0 Å². The molecule has 4 unspecified atom stereocenters. The number of aliphatic hydroxyl groups is 1. The van der Waals surface area contributed by atoms with Gasteiger partial charge in [-0.2, -0.15) is 0 Å². The van der Waals surface area contributed by atoms with Crippen LogP contribution in [0.4, 0.5) is 0 Å². The zero-order chi connectivity index (χ0) is 20.8. The molecule has 1 aromatic carbocycles. The molecule has 3 aliphatic carbocycles. The fraction of sp³-hybridized carbons (Fsp3) is 0.478. The van der Waals surface area contributed by atoms with Gasteiger partial charge in [0.25, 0.3) is 0 Å². The molecule has 1 spiro atoms. The molecule has 1 saturated carbocycles. The Kier molecular flexibility index (Phi) is 3.58. The van der Waals surface area contributed by atoms with Gasteiger partial charge < -0.3 is 19.7 Å². The van der Waals surface area contributed by atoms with Gasteiger partial charge in [-0.15, -0.1) is 0 Å². The Morgan fingerprint density at radius 1 is 1.31 bits per heavy atom. The second kappa shape index (κ2) is 5.58. The first-order valence-electron chi connectivity index (χ1n) is 9.96. The highest BCUT2D eigenvalue weighted by Gasteiger charge is 2.80. The lowest BCUT2D eigenvalue weighted by Crippen LogP contribution is -2.72. The van der Waals surface area contributed by atoms with Gasteiger partial charge in [-0.05, 0) is 39.3 Å². The Morgan fingerprint density at radius 2 is 2.07 bits per heavy atom. The minimum Gasteiger partial charge on any atom is -0.508 e. The lowest BCUT2D eigenvalue weighted by Gasteiger charge is -2.56. The van der Waals surface area contributed by atoms with Gasteiger partial charge in [0, 0.05) is 29.9 Å². The average molecular weight is 396 g/mol. The highest BCUT2D eigenvalue weighted by Crippen LogP contribution is 2.67. The molecule has 0 amide bonds. The molecule has 1 aromatic rings. The van der Waals surface area contributed by atoms with E-state index in [2.05, 4.69) is 0 Å². The summed E-state index contributed by atoms with van der Waals surface area (Å²) in [5, 5.41) is 19.4. The fourth-order valence-corrected chi connectivity index (χ4v) is 5.82. The van der Waals surface area contributed by atoms with Crippen LogP contribution in [0.3, 0.4) is 0 Å². The lowest BCUT2D eigenvalue weighted by molar-refractivity contribution is -0.171. The number of ether oxygens (including phenoxy) is 2. The number of aliphatic hydroxyl groups excluding tert-OH is 1. The Morgan fingerprint density at radius 3 is 2.79 bits per heavy atom. The number of hydrogen-bond acceptors (Lipinski definition) is 6. The summed E-state index contributed by atoms with van der Waals surface area (Å²) in [6, 6.07) is 4.45. The molecule has 0 aromatic heterocycles. The van der Waals surface area contributed by atoms with Crippen molar-refractivity contribution >= 4 is 11.6 Å². The number of phenols is 1. The van der Waals surface area contributed by atoms with Crippen LogP contribution in [0.15, 0.2) is 41.5 Å².